The molecule has 0 unspecified atom stereocenters. The molecule has 2 amide bonds. The van der Waals surface area contributed by atoms with E-state index in [1.807, 2.05) is 0 Å². The van der Waals surface area contributed by atoms with Crippen molar-refractivity contribution in [3.63, 3.8) is 0 Å². The van der Waals surface area contributed by atoms with E-state index in [1.54, 1.807) is 19.1 Å². The number of amides is 2. The number of carbonyl (C=O) groups is 5. The van der Waals surface area contributed by atoms with Gasteiger partial charge in [0, 0.05) is 23.1 Å². The molecule has 18 heteroatoms. The number of carboxylic acids is 2. The number of piperidine rings is 1. The van der Waals surface area contributed by atoms with Crippen LogP contribution in [-0.2, 0) is 24.0 Å². The summed E-state index contributed by atoms with van der Waals surface area (Å²) in [6.07, 6.45) is 2.55. The predicted octanol–water partition coefficient (Wildman–Crippen LogP) is 3.24. The maximum Gasteiger partial charge on any atom is 0.352 e. The number of fused-ring (bicyclic) bond motifs is 1. The number of carbonyl (C=O) groups excluding carboxylic acids is 3. The number of β-lactam (4-membered cyclic amide) rings is 1. The van der Waals surface area contributed by atoms with Crippen LogP contribution in [0.4, 0.5) is 5.13 Å². The summed E-state index contributed by atoms with van der Waals surface area (Å²) in [4.78, 5) is 74.9. The summed E-state index contributed by atoms with van der Waals surface area (Å²) in [5.41, 5.74) is 5.00. The first-order valence-electron chi connectivity index (χ1n) is 16.3. The smallest absolute Gasteiger partial charge is 0.352 e. The van der Waals surface area contributed by atoms with Crippen molar-refractivity contribution in [3.05, 3.63) is 50.6 Å². The second-order valence-corrected chi connectivity index (χ2v) is 15.8. The summed E-state index contributed by atoms with van der Waals surface area (Å²) in [6, 6.07) is 3.17. The number of rotatable bonds is 14. The zero-order chi connectivity index (χ0) is 37.2. The number of oxime groups is 1. The summed E-state index contributed by atoms with van der Waals surface area (Å²) < 4.78 is 0.526. The fourth-order valence-electron chi connectivity index (χ4n) is 6.46. The van der Waals surface area contributed by atoms with Gasteiger partial charge in [0.15, 0.2) is 16.6 Å². The van der Waals surface area contributed by atoms with Crippen LogP contribution < -0.4 is 11.1 Å². The van der Waals surface area contributed by atoms with Crippen molar-refractivity contribution in [1.29, 1.82) is 0 Å². The highest BCUT2D eigenvalue weighted by molar-refractivity contribution is 8.00. The molecular weight excluding hydrogens is 724 g/mol. The number of anilines is 1. The highest BCUT2D eigenvalue weighted by Crippen LogP contribution is 2.46. The average Bonchev–Trinajstić information content (AvgIpc) is 3.51. The summed E-state index contributed by atoms with van der Waals surface area (Å²) in [7, 11) is 0. The molecule has 0 radical (unpaired) electrons. The Kier molecular flexibility index (Phi) is 11.3. The number of carboxylic acid groups (broad SMARTS) is 2. The van der Waals surface area contributed by atoms with Crippen LogP contribution in [0.2, 0.25) is 5.02 Å². The van der Waals surface area contributed by atoms with Crippen molar-refractivity contribution >= 4 is 75.1 Å². The Bertz CT molecular complexity index is 1820. The molecule has 6 N–H and O–H groups in total. The highest BCUT2D eigenvalue weighted by atomic mass is 35.5. The molecule has 1 aromatic heterocycles. The van der Waals surface area contributed by atoms with Crippen molar-refractivity contribution in [2.24, 2.45) is 11.1 Å². The number of benzene rings is 1. The quantitative estimate of drug-likeness (QED) is 0.0810. The van der Waals surface area contributed by atoms with Gasteiger partial charge < -0.3 is 35.7 Å². The standard InChI is InChI=1S/C33H39ClN6O9S2/c1-17-7-8-19(23(34)26(17)42)27(43)36-9-12-40(10-5-4-6-11-40)14-18-15-50-29-20(28(44)39(29)25(18)30(45)46)13-22(41)24(21-16-51-32(35)37-21)38-49-33(2,3)31(47)48/h7-8,16,20,29H,4-6,9-15H2,1-3H3,(H5-,35,36,37,42,43,45,46,47,48)/p+1/b38-24-/t20-,29-/m1/s1. The lowest BCUT2D eigenvalue weighted by Crippen LogP contribution is -2.63. The van der Waals surface area contributed by atoms with Crippen molar-refractivity contribution in [2.75, 3.05) is 44.2 Å². The molecule has 0 aliphatic carbocycles. The molecule has 5 rings (SSSR count). The van der Waals surface area contributed by atoms with E-state index in [0.717, 1.165) is 43.7 Å². The minimum absolute atomic E-state index is 0.0227. The summed E-state index contributed by atoms with van der Waals surface area (Å²) in [6.45, 7) is 6.91. The lowest BCUT2D eigenvalue weighted by molar-refractivity contribution is -0.927. The van der Waals surface area contributed by atoms with Crippen molar-refractivity contribution < 1.29 is 48.6 Å². The van der Waals surface area contributed by atoms with Crippen molar-refractivity contribution in [2.45, 2.75) is 57.4 Å². The molecule has 274 valence electrons. The van der Waals surface area contributed by atoms with Gasteiger partial charge in [-0.15, -0.1) is 23.1 Å². The minimum atomic E-state index is -1.76. The van der Waals surface area contributed by atoms with E-state index < -0.39 is 46.4 Å². The number of thiazole rings is 1. The number of hydrogen-bond donors (Lipinski definition) is 5. The first kappa shape index (κ1) is 38.1. The maximum atomic E-state index is 13.6. The van der Waals surface area contributed by atoms with Crippen LogP contribution in [0, 0.1) is 12.8 Å². The number of nitrogens with two attached hydrogens (primary N) is 1. The number of likely N-dealkylation sites (tertiary alicyclic amines) is 1. The number of aromatic nitrogens is 1. The molecule has 0 spiro atoms. The average molecular weight is 764 g/mol. The number of aromatic hydroxyl groups is 1. The SMILES string of the molecule is Cc1ccc(C(=O)NCC[N+]2(CC3=C(C(=O)O)N4C(=O)[C@@H](CC(=O)/C(=N\OC(C)(C)C(=O)O)c5csc(N)n5)[C@H]4SC3)CCCCC2)c(Cl)c1O. The molecule has 51 heavy (non-hydrogen) atoms. The Morgan fingerprint density at radius 2 is 1.90 bits per heavy atom. The van der Waals surface area contributed by atoms with Crippen LogP contribution in [0.1, 0.15) is 61.1 Å². The third-order valence-corrected chi connectivity index (χ3v) is 11.9. The molecule has 2 saturated heterocycles. The number of phenols is 1. The van der Waals surface area contributed by atoms with Gasteiger partial charge in [0.2, 0.25) is 11.5 Å². The summed E-state index contributed by atoms with van der Waals surface area (Å²) >= 11 is 8.64. The van der Waals surface area contributed by atoms with E-state index in [4.69, 9.17) is 22.2 Å². The molecule has 3 aliphatic heterocycles. The molecule has 15 nitrogen and oxygen atoms in total. The molecule has 0 bridgehead atoms. The first-order chi connectivity index (χ1) is 24.0. The molecular formula is C33H40ClN6O9S2+. The number of Topliss-reactive ketones (excluding diaryl/α,β-unsaturated/α-hetero) is 1. The Labute approximate surface area is 307 Å². The van der Waals surface area contributed by atoms with Crippen LogP contribution in [0.3, 0.4) is 0 Å². The second-order valence-electron chi connectivity index (χ2n) is 13.4. The number of ketones is 1. The maximum absolute atomic E-state index is 13.6. The molecule has 1 aromatic carbocycles. The second kappa shape index (κ2) is 15.2. The minimum Gasteiger partial charge on any atom is -0.506 e. The Morgan fingerprint density at radius 3 is 2.53 bits per heavy atom. The fourth-order valence-corrected chi connectivity index (χ4v) is 8.71. The fraction of sp³-hybridized carbons (Fsp3) is 0.485. The Hall–Kier alpha value is -4.19. The number of aliphatic carboxylic acids is 2. The lowest BCUT2D eigenvalue weighted by atomic mass is 9.89. The molecule has 0 saturated carbocycles. The van der Waals surface area contributed by atoms with Gasteiger partial charge in [-0.2, -0.15) is 0 Å². The monoisotopic (exact) mass is 763 g/mol. The van der Waals surface area contributed by atoms with Gasteiger partial charge >= 0.3 is 11.9 Å². The van der Waals surface area contributed by atoms with E-state index >= 15 is 0 Å². The first-order valence-corrected chi connectivity index (χ1v) is 18.6. The zero-order valence-corrected chi connectivity index (χ0v) is 30.7. The van der Waals surface area contributed by atoms with Gasteiger partial charge in [-0.05, 0) is 51.7 Å². The third-order valence-electron chi connectivity index (χ3n) is 9.40. The molecule has 2 aromatic rings. The predicted molar refractivity (Wildman–Crippen MR) is 190 cm³/mol. The largest absolute Gasteiger partial charge is 0.506 e. The van der Waals surface area contributed by atoms with Crippen LogP contribution in [0.25, 0.3) is 0 Å². The third kappa shape index (κ3) is 8.00. The van der Waals surface area contributed by atoms with Crippen molar-refractivity contribution in [3.8, 4) is 5.75 Å². The van der Waals surface area contributed by atoms with Crippen LogP contribution in [0.5, 0.6) is 5.75 Å². The van der Waals surface area contributed by atoms with Gasteiger partial charge in [0.05, 0.1) is 48.1 Å². The Morgan fingerprint density at radius 1 is 1.20 bits per heavy atom. The number of hydrogen-bond acceptors (Lipinski definition) is 12. The van der Waals surface area contributed by atoms with Crippen LogP contribution in [-0.4, -0.2) is 114 Å². The van der Waals surface area contributed by atoms with Crippen LogP contribution in [0.15, 0.2) is 33.9 Å². The van der Waals surface area contributed by atoms with Crippen molar-refractivity contribution in [1.82, 2.24) is 15.2 Å². The van der Waals surface area contributed by atoms with E-state index in [0.29, 0.717) is 34.5 Å². The molecule has 2 fully saturated rings. The summed E-state index contributed by atoms with van der Waals surface area (Å²) in [5.74, 6) is -4.81. The van der Waals surface area contributed by atoms with Crippen LogP contribution >= 0.6 is 34.7 Å². The summed E-state index contributed by atoms with van der Waals surface area (Å²) in [5, 5.41) is 37.7. The topological polar surface area (TPSA) is 222 Å². The van der Waals surface area contributed by atoms with E-state index in [1.165, 1.54) is 35.9 Å². The highest BCUT2D eigenvalue weighted by Gasteiger charge is 2.55. The van der Waals surface area contributed by atoms with Gasteiger partial charge in [0.1, 0.15) is 23.7 Å². The number of phenolic OH excluding ortho intramolecular Hbond substituents is 1. The number of quaternary nitrogens is 1. The number of nitrogens with one attached hydrogen (secondary N) is 1. The number of nitrogens with zero attached hydrogens (tertiary/aromatic N) is 4. The molecule has 2 atom stereocenters. The number of thioether (sulfide) groups is 1. The van der Waals surface area contributed by atoms with Gasteiger partial charge in [-0.3, -0.25) is 19.3 Å². The zero-order valence-electron chi connectivity index (χ0n) is 28.3. The lowest BCUT2D eigenvalue weighted by Gasteiger charge is -2.50. The molecule has 4 heterocycles. The normalized spacial score (nSPS) is 20.4. The van der Waals surface area contributed by atoms with E-state index in [-0.39, 0.29) is 51.5 Å². The van der Waals surface area contributed by atoms with Gasteiger partial charge in [-0.1, -0.05) is 22.8 Å². The number of halogens is 1. The van der Waals surface area contributed by atoms with Gasteiger partial charge in [0.25, 0.3) is 5.91 Å². The Balaban J connectivity index is 1.31. The number of nitrogen functional groups attached to an aromatic ring is 1. The number of aryl methyl sites for hydroxylation is 1. The van der Waals surface area contributed by atoms with E-state index in [2.05, 4.69) is 15.5 Å². The van der Waals surface area contributed by atoms with Gasteiger partial charge in [-0.25, -0.2) is 14.6 Å². The van der Waals surface area contributed by atoms with E-state index in [9.17, 15) is 39.3 Å². The molecule has 3 aliphatic rings.